The summed E-state index contributed by atoms with van der Waals surface area (Å²) in [6.07, 6.45) is 11.8. The third kappa shape index (κ3) is 26.4. The van der Waals surface area contributed by atoms with Gasteiger partial charge in [0.15, 0.2) is 23.0 Å². The summed E-state index contributed by atoms with van der Waals surface area (Å²) in [5.41, 5.74) is 5.17. The van der Waals surface area contributed by atoms with Crippen molar-refractivity contribution < 1.29 is 99.9 Å². The minimum atomic E-state index is -0.280. The van der Waals surface area contributed by atoms with E-state index in [2.05, 4.69) is 29.0 Å². The standard InChI is InChI=1S/C71H97N7O21/c1-52-36-57-46-73-61-43-65(63(84-3)41-59(61)70(82)77(57)48-52)97-50-55-38-54(39-56(40-55)51-98-66-44-62-60(42-64(66)85-4)71(83)78-49-53(2)37-58(78)47-74-62)45-75-99-35-34-96-33-32-95-31-30-94-29-28-93-27-26-92-25-24-91-23-22-90-21-20-89-19-18-88-17-16-87-15-14-86-13-11-72-67(79)8-6-5-7-12-76-68(80)9-10-69(76)81/h9-10,38-47,53,57-58H,1,5-8,11-37,48-51H2,2-4H3,(H,72,79)/b75-45-/t53?,57-,58-/m0/s1. The second kappa shape index (κ2) is 43.7. The number of rotatable bonds is 52. The monoisotopic (exact) mass is 1380 g/mol. The van der Waals surface area contributed by atoms with E-state index < -0.39 is 0 Å². The van der Waals surface area contributed by atoms with Crippen molar-refractivity contribution in [3.05, 3.63) is 94.6 Å². The van der Waals surface area contributed by atoms with Gasteiger partial charge in [-0.25, -0.2) is 0 Å². The number of unbranched alkanes of at least 4 members (excludes halogenated alkanes) is 2. The molecule has 2 saturated heterocycles. The van der Waals surface area contributed by atoms with E-state index in [4.69, 9.17) is 80.9 Å². The summed E-state index contributed by atoms with van der Waals surface area (Å²) in [5.74, 6) is 1.21. The molecule has 8 rings (SSSR count). The Labute approximate surface area is 579 Å². The first kappa shape index (κ1) is 77.0. The highest BCUT2D eigenvalue weighted by molar-refractivity contribution is 6.13. The molecule has 2 fully saturated rings. The van der Waals surface area contributed by atoms with Crippen molar-refractivity contribution >= 4 is 59.6 Å². The van der Waals surface area contributed by atoms with Gasteiger partial charge >= 0.3 is 0 Å². The van der Waals surface area contributed by atoms with Gasteiger partial charge in [0.05, 0.1) is 200 Å². The fraction of sp³-hybridized carbons (Fsp3) is 0.577. The number of nitrogens with zero attached hydrogens (tertiary/aromatic N) is 6. The number of aliphatic imine (C=N–C) groups is 2. The predicted molar refractivity (Wildman–Crippen MR) is 364 cm³/mol. The molecule has 5 aliphatic heterocycles. The average molecular weight is 1380 g/mol. The van der Waals surface area contributed by atoms with Gasteiger partial charge in [0, 0.05) is 69.3 Å². The summed E-state index contributed by atoms with van der Waals surface area (Å²) in [6.45, 7) is 17.9. The number of benzene rings is 3. The van der Waals surface area contributed by atoms with E-state index in [0.29, 0.717) is 254 Å². The number of nitrogens with one attached hydrogen (secondary N) is 1. The van der Waals surface area contributed by atoms with Gasteiger partial charge in [-0.3, -0.25) is 38.9 Å². The highest BCUT2D eigenvalue weighted by Crippen LogP contribution is 2.41. The molecule has 3 atom stereocenters. The second-order valence-corrected chi connectivity index (χ2v) is 23.7. The van der Waals surface area contributed by atoms with Crippen molar-refractivity contribution in [3.8, 4) is 23.0 Å². The predicted octanol–water partition coefficient (Wildman–Crippen LogP) is 6.05. The molecule has 0 bridgehead atoms. The maximum atomic E-state index is 13.7. The van der Waals surface area contributed by atoms with Crippen molar-refractivity contribution in [3.63, 3.8) is 0 Å². The smallest absolute Gasteiger partial charge is 0.257 e. The quantitative estimate of drug-likeness (QED) is 0.0221. The first-order valence-corrected chi connectivity index (χ1v) is 34.0. The third-order valence-electron chi connectivity index (χ3n) is 16.1. The second-order valence-electron chi connectivity index (χ2n) is 23.7. The minimum absolute atomic E-state index is 0.0537. The Kier molecular flexibility index (Phi) is 34.0. The van der Waals surface area contributed by atoms with Crippen LogP contribution in [0.4, 0.5) is 11.4 Å². The summed E-state index contributed by atoms with van der Waals surface area (Å²) < 4.78 is 85.5. The lowest BCUT2D eigenvalue weighted by Gasteiger charge is -2.20. The van der Waals surface area contributed by atoms with Crippen LogP contribution in [-0.2, 0) is 84.5 Å². The molecule has 0 aliphatic carbocycles. The summed E-state index contributed by atoms with van der Waals surface area (Å²) in [7, 11) is 3.07. The topological polar surface area (TPSA) is 292 Å². The zero-order valence-electron chi connectivity index (χ0n) is 57.4. The summed E-state index contributed by atoms with van der Waals surface area (Å²) in [6, 6.07) is 12.4. The van der Waals surface area contributed by atoms with Crippen LogP contribution in [0.25, 0.3) is 0 Å². The first-order valence-electron chi connectivity index (χ1n) is 34.0. The van der Waals surface area contributed by atoms with Crippen molar-refractivity contribution in [1.82, 2.24) is 20.0 Å². The molecule has 5 aliphatic rings. The molecule has 0 aromatic heterocycles. The SMILES string of the molecule is C=C1C[C@H]2C=Nc3cc(OCc4cc(/C=N\OCCOCCOCCOCCOCCOCCOCCOCCOCCOCCOCCOCCNC(=O)CCCCCN5C(=O)C=CC5=O)cc(COc5cc6c(cc5OC)C(=O)N5CC(C)C[C@H]5C=N6)c4)c(OC)cc3C(=O)N2C1. The van der Waals surface area contributed by atoms with Gasteiger partial charge in [-0.15, -0.1) is 0 Å². The van der Waals surface area contributed by atoms with Gasteiger partial charge in [0.25, 0.3) is 23.6 Å². The molecular weight excluding hydrogens is 1290 g/mol. The van der Waals surface area contributed by atoms with Gasteiger partial charge in [-0.05, 0) is 78.6 Å². The number of methoxy groups -OCH3 is 2. The Morgan fingerprint density at radius 2 is 0.990 bits per heavy atom. The van der Waals surface area contributed by atoms with Gasteiger partial charge in [-0.1, -0.05) is 30.7 Å². The van der Waals surface area contributed by atoms with Gasteiger partial charge in [0.1, 0.15) is 19.8 Å². The Morgan fingerprint density at radius 3 is 1.46 bits per heavy atom. The van der Waals surface area contributed by atoms with Crippen LogP contribution in [0, 0.1) is 5.92 Å². The zero-order chi connectivity index (χ0) is 69.7. The highest BCUT2D eigenvalue weighted by atomic mass is 16.6. The van der Waals surface area contributed by atoms with Crippen LogP contribution in [0.15, 0.2) is 81.9 Å². The van der Waals surface area contributed by atoms with Gasteiger partial charge < -0.3 is 91.0 Å². The van der Waals surface area contributed by atoms with Gasteiger partial charge in [0.2, 0.25) is 5.91 Å². The molecule has 0 saturated carbocycles. The number of oxime groups is 1. The molecule has 5 amide bonds. The van der Waals surface area contributed by atoms with E-state index in [1.165, 1.54) is 24.2 Å². The van der Waals surface area contributed by atoms with E-state index in [-0.39, 0.29) is 61.4 Å². The number of fused-ring (bicyclic) bond motifs is 4. The van der Waals surface area contributed by atoms with E-state index in [1.807, 2.05) is 29.3 Å². The first-order chi connectivity index (χ1) is 48.5. The van der Waals surface area contributed by atoms with Gasteiger partial charge in [-0.2, -0.15) is 0 Å². The largest absolute Gasteiger partial charge is 0.493 e. The summed E-state index contributed by atoms with van der Waals surface area (Å²) in [4.78, 5) is 82.2. The van der Waals surface area contributed by atoms with Crippen molar-refractivity contribution in [2.75, 3.05) is 192 Å². The molecule has 1 unspecified atom stereocenters. The van der Waals surface area contributed by atoms with Crippen LogP contribution in [-0.4, -0.2) is 267 Å². The third-order valence-corrected chi connectivity index (χ3v) is 16.1. The number of ether oxygens (including phenoxy) is 15. The number of hydrogen-bond acceptors (Lipinski definition) is 24. The number of hydrogen-bond donors (Lipinski definition) is 1. The number of carbonyl (C=O) groups excluding carboxylic acids is 5. The number of amides is 5. The summed E-state index contributed by atoms with van der Waals surface area (Å²) >= 11 is 0. The lowest BCUT2D eigenvalue weighted by molar-refractivity contribution is -0.137. The van der Waals surface area contributed by atoms with Crippen molar-refractivity contribution in [2.24, 2.45) is 21.1 Å². The maximum Gasteiger partial charge on any atom is 0.257 e. The van der Waals surface area contributed by atoms with Crippen LogP contribution in [0.5, 0.6) is 23.0 Å². The molecule has 99 heavy (non-hydrogen) atoms. The molecule has 542 valence electrons. The molecule has 3 aromatic rings. The Balaban J connectivity index is 0.594. The van der Waals surface area contributed by atoms with E-state index >= 15 is 0 Å². The van der Waals surface area contributed by atoms with Crippen LogP contribution < -0.4 is 24.3 Å². The average Bonchev–Trinajstić information content (AvgIpc) is 1.31. The molecule has 28 nitrogen and oxygen atoms in total. The van der Waals surface area contributed by atoms with E-state index in [9.17, 15) is 24.0 Å². The molecule has 0 radical (unpaired) electrons. The van der Waals surface area contributed by atoms with Crippen LogP contribution in [0.1, 0.15) is 82.9 Å². The molecule has 0 spiro atoms. The van der Waals surface area contributed by atoms with Crippen LogP contribution in [0.3, 0.4) is 0 Å². The summed E-state index contributed by atoms with van der Waals surface area (Å²) in [5, 5.41) is 7.04. The maximum absolute atomic E-state index is 13.7. The lowest BCUT2D eigenvalue weighted by Crippen LogP contribution is -2.35. The Hall–Kier alpha value is -7.74. The fourth-order valence-electron chi connectivity index (χ4n) is 11.1. The highest BCUT2D eigenvalue weighted by Gasteiger charge is 2.37. The number of carbonyl (C=O) groups is 5. The van der Waals surface area contributed by atoms with Crippen LogP contribution >= 0.6 is 0 Å². The molecule has 3 aromatic carbocycles. The molecular formula is C71H97N7O21. The Bertz CT molecular complexity index is 3160. The Morgan fingerprint density at radius 1 is 0.545 bits per heavy atom. The fourth-order valence-corrected chi connectivity index (χ4v) is 11.1. The van der Waals surface area contributed by atoms with Crippen molar-refractivity contribution in [2.45, 2.75) is 70.7 Å². The molecule has 1 N–H and O–H groups in total. The molecule has 5 heterocycles. The minimum Gasteiger partial charge on any atom is -0.493 e. The molecule has 28 heteroatoms. The van der Waals surface area contributed by atoms with E-state index in [1.54, 1.807) is 48.7 Å². The van der Waals surface area contributed by atoms with Crippen LogP contribution in [0.2, 0.25) is 0 Å². The van der Waals surface area contributed by atoms with Crippen molar-refractivity contribution in [1.29, 1.82) is 0 Å². The number of imide groups is 1. The lowest BCUT2D eigenvalue weighted by atomic mass is 10.1. The normalized spacial score (nSPS) is 17.0. The zero-order valence-corrected chi connectivity index (χ0v) is 57.4. The van der Waals surface area contributed by atoms with E-state index in [0.717, 1.165) is 29.5 Å².